The fourth-order valence-electron chi connectivity index (χ4n) is 3.88. The van der Waals surface area contributed by atoms with E-state index in [0.717, 1.165) is 37.5 Å². The van der Waals surface area contributed by atoms with Crippen LogP contribution in [-0.2, 0) is 0 Å². The molecule has 5 nitrogen and oxygen atoms in total. The monoisotopic (exact) mass is 342 g/mol. The highest BCUT2D eigenvalue weighted by molar-refractivity contribution is 7.80. The largest absolute Gasteiger partial charge is 0.497 e. The highest BCUT2D eigenvalue weighted by Gasteiger charge is 2.37. The van der Waals surface area contributed by atoms with Crippen LogP contribution in [0, 0.1) is 5.92 Å². The van der Waals surface area contributed by atoms with Gasteiger partial charge in [-0.15, -0.1) is 0 Å². The molecule has 2 atom stereocenters. The Morgan fingerprint density at radius 2 is 2.08 bits per heavy atom. The molecule has 4 rings (SSSR count). The van der Waals surface area contributed by atoms with E-state index >= 15 is 0 Å². The van der Waals surface area contributed by atoms with Crippen LogP contribution in [-0.4, -0.2) is 31.1 Å². The predicted octanol–water partition coefficient (Wildman–Crippen LogP) is 2.27. The molecule has 1 aromatic carbocycles. The number of methoxy groups -OCH3 is 1. The first-order valence-electron chi connectivity index (χ1n) is 8.49. The molecule has 1 fully saturated rings. The van der Waals surface area contributed by atoms with Crippen LogP contribution in [0.4, 0.5) is 0 Å². The molecule has 2 aliphatic heterocycles. The van der Waals surface area contributed by atoms with Gasteiger partial charge in [-0.1, -0.05) is 12.1 Å². The third-order valence-corrected chi connectivity index (χ3v) is 5.23. The van der Waals surface area contributed by atoms with Crippen molar-refractivity contribution in [1.82, 2.24) is 16.0 Å². The summed E-state index contributed by atoms with van der Waals surface area (Å²) in [6, 6.07) is 8.47. The summed E-state index contributed by atoms with van der Waals surface area (Å²) in [6.45, 7) is 1.79. The number of aliphatic imine (C=N–C) groups is 1. The Morgan fingerprint density at radius 3 is 2.79 bits per heavy atom. The molecule has 0 spiro atoms. The summed E-state index contributed by atoms with van der Waals surface area (Å²) >= 11 is 5.49. The van der Waals surface area contributed by atoms with Crippen LogP contribution >= 0.6 is 12.2 Å². The van der Waals surface area contributed by atoms with Gasteiger partial charge in [0.2, 0.25) is 0 Å². The maximum absolute atomic E-state index is 5.49. The quantitative estimate of drug-likeness (QED) is 0.736. The van der Waals surface area contributed by atoms with E-state index in [4.69, 9.17) is 17.0 Å². The normalized spacial score (nSPS) is 26.0. The second kappa shape index (κ2) is 6.43. The number of amidine groups is 1. The smallest absolute Gasteiger partial charge is 0.171 e. The molecular weight excluding hydrogens is 320 g/mol. The number of fused-ring (bicyclic) bond motifs is 1. The van der Waals surface area contributed by atoms with Crippen LogP contribution in [0.25, 0.3) is 0 Å². The predicted molar refractivity (Wildman–Crippen MR) is 99.3 cm³/mol. The average Bonchev–Trinajstić information content (AvgIpc) is 3.15. The van der Waals surface area contributed by atoms with Crippen molar-refractivity contribution in [3.63, 3.8) is 0 Å². The van der Waals surface area contributed by atoms with Crippen LogP contribution in [0.1, 0.15) is 30.9 Å². The van der Waals surface area contributed by atoms with Gasteiger partial charge in [0.1, 0.15) is 11.6 Å². The van der Waals surface area contributed by atoms with Crippen molar-refractivity contribution in [3.8, 4) is 5.75 Å². The number of hydrogen-bond acceptors (Lipinski definition) is 4. The second-order valence-electron chi connectivity index (χ2n) is 6.40. The molecule has 0 radical (unpaired) electrons. The van der Waals surface area contributed by atoms with Gasteiger partial charge in [-0.3, -0.25) is 4.99 Å². The van der Waals surface area contributed by atoms with Gasteiger partial charge in [-0.25, -0.2) is 0 Å². The van der Waals surface area contributed by atoms with E-state index < -0.39 is 0 Å². The van der Waals surface area contributed by atoms with E-state index in [1.165, 1.54) is 23.3 Å². The molecule has 126 valence electrons. The molecule has 0 bridgehead atoms. The first-order chi connectivity index (χ1) is 11.8. The summed E-state index contributed by atoms with van der Waals surface area (Å²) in [5.41, 5.74) is 3.80. The van der Waals surface area contributed by atoms with Crippen LogP contribution in [0.5, 0.6) is 5.75 Å². The zero-order valence-electron chi connectivity index (χ0n) is 13.8. The number of nitrogens with one attached hydrogen (secondary N) is 3. The van der Waals surface area contributed by atoms with Gasteiger partial charge in [-0.05, 0) is 49.2 Å². The molecule has 6 heteroatoms. The molecule has 0 aromatic heterocycles. The number of ether oxygens (including phenoxy) is 1. The lowest BCUT2D eigenvalue weighted by Crippen LogP contribution is -2.50. The molecule has 24 heavy (non-hydrogen) atoms. The van der Waals surface area contributed by atoms with E-state index in [-0.39, 0.29) is 6.04 Å². The van der Waals surface area contributed by atoms with Crippen molar-refractivity contribution < 1.29 is 4.74 Å². The molecule has 0 amide bonds. The van der Waals surface area contributed by atoms with E-state index in [2.05, 4.69) is 33.1 Å². The number of thiocarbonyl (C=S) groups is 1. The number of nitrogens with zero attached hydrogens (tertiary/aromatic N) is 1. The van der Waals surface area contributed by atoms with E-state index in [1.807, 2.05) is 12.1 Å². The van der Waals surface area contributed by atoms with Crippen molar-refractivity contribution in [2.45, 2.75) is 25.3 Å². The zero-order chi connectivity index (χ0) is 16.5. The summed E-state index contributed by atoms with van der Waals surface area (Å²) in [5, 5.41) is 11.0. The van der Waals surface area contributed by atoms with Crippen molar-refractivity contribution in [3.05, 3.63) is 41.1 Å². The fraction of sp³-hybridized carbons (Fsp3) is 0.444. The van der Waals surface area contributed by atoms with Gasteiger partial charge >= 0.3 is 0 Å². The summed E-state index contributed by atoms with van der Waals surface area (Å²) in [5.74, 6) is 2.32. The minimum Gasteiger partial charge on any atom is -0.497 e. The number of hydrogen-bond donors (Lipinski definition) is 3. The fourth-order valence-corrected chi connectivity index (χ4v) is 4.11. The van der Waals surface area contributed by atoms with E-state index in [9.17, 15) is 0 Å². The lowest BCUT2D eigenvalue weighted by atomic mass is 9.78. The minimum atomic E-state index is 0.192. The maximum Gasteiger partial charge on any atom is 0.171 e. The Hall–Kier alpha value is -2.08. The standard InChI is InChI=1S/C18H22N4OS/c1-23-12-7-5-11(6-8-12)15-13-3-2-4-14(17-19-9-10-20-17)16(13)22-18(24)21-15/h5-8,13,15H,2-4,9-10H2,1H3,(H,19,20)(H2,21,22,24)/t13-,15-/m1/s1. The first-order valence-corrected chi connectivity index (χ1v) is 8.90. The molecule has 1 saturated heterocycles. The molecule has 3 aliphatic rings. The van der Waals surface area contributed by atoms with Crippen molar-refractivity contribution in [1.29, 1.82) is 0 Å². The average molecular weight is 342 g/mol. The van der Waals surface area contributed by atoms with E-state index in [0.29, 0.717) is 11.0 Å². The topological polar surface area (TPSA) is 57.7 Å². The minimum absolute atomic E-state index is 0.192. The van der Waals surface area contributed by atoms with Crippen molar-refractivity contribution in [2.75, 3.05) is 20.2 Å². The molecule has 2 heterocycles. The van der Waals surface area contributed by atoms with Gasteiger partial charge in [-0.2, -0.15) is 0 Å². The third-order valence-electron chi connectivity index (χ3n) is 5.01. The van der Waals surface area contributed by atoms with Crippen molar-refractivity contribution in [2.24, 2.45) is 10.9 Å². The first kappa shape index (κ1) is 15.4. The van der Waals surface area contributed by atoms with E-state index in [1.54, 1.807) is 7.11 Å². The molecule has 3 N–H and O–H groups in total. The molecule has 1 aliphatic carbocycles. The summed E-state index contributed by atoms with van der Waals surface area (Å²) in [7, 11) is 1.69. The molecule has 1 aromatic rings. The third kappa shape index (κ3) is 2.75. The Bertz CT molecular complexity index is 710. The van der Waals surface area contributed by atoms with Crippen molar-refractivity contribution >= 4 is 23.2 Å². The lowest BCUT2D eigenvalue weighted by molar-refractivity contribution is 0.367. The maximum atomic E-state index is 5.49. The molecular formula is C18H22N4OS. The molecule has 0 unspecified atom stereocenters. The van der Waals surface area contributed by atoms with Gasteiger partial charge < -0.3 is 20.7 Å². The Balaban J connectivity index is 1.70. The van der Waals surface area contributed by atoms with Crippen LogP contribution < -0.4 is 20.7 Å². The summed E-state index contributed by atoms with van der Waals surface area (Å²) < 4.78 is 5.28. The Morgan fingerprint density at radius 1 is 1.25 bits per heavy atom. The van der Waals surface area contributed by atoms with Gasteiger partial charge in [0.25, 0.3) is 0 Å². The highest BCUT2D eigenvalue weighted by atomic mass is 32.1. The highest BCUT2D eigenvalue weighted by Crippen LogP contribution is 2.40. The number of benzene rings is 1. The Kier molecular flexibility index (Phi) is 4.14. The lowest BCUT2D eigenvalue weighted by Gasteiger charge is -2.40. The number of rotatable bonds is 3. The summed E-state index contributed by atoms with van der Waals surface area (Å²) in [4.78, 5) is 4.62. The second-order valence-corrected chi connectivity index (χ2v) is 6.81. The molecule has 0 saturated carbocycles. The van der Waals surface area contributed by atoms with Crippen LogP contribution in [0.3, 0.4) is 0 Å². The zero-order valence-corrected chi connectivity index (χ0v) is 14.6. The summed E-state index contributed by atoms with van der Waals surface area (Å²) in [6.07, 6.45) is 3.38. The van der Waals surface area contributed by atoms with Gasteiger partial charge in [0, 0.05) is 23.7 Å². The van der Waals surface area contributed by atoms with Gasteiger partial charge in [0.05, 0.1) is 19.7 Å². The van der Waals surface area contributed by atoms with Crippen LogP contribution in [0.2, 0.25) is 0 Å². The van der Waals surface area contributed by atoms with Gasteiger partial charge in [0.15, 0.2) is 5.11 Å². The Labute approximate surface area is 147 Å². The SMILES string of the molecule is COc1ccc([C@H]2NC(=S)NC3=C(C4=NCCN4)CCC[C@@H]32)cc1. The van der Waals surface area contributed by atoms with Crippen LogP contribution in [0.15, 0.2) is 40.5 Å².